The summed E-state index contributed by atoms with van der Waals surface area (Å²) in [4.78, 5) is 17.8. The van der Waals surface area contributed by atoms with Crippen molar-refractivity contribution in [3.05, 3.63) is 10.6 Å². The van der Waals surface area contributed by atoms with Crippen LogP contribution in [0, 0.1) is 6.92 Å². The van der Waals surface area contributed by atoms with Gasteiger partial charge in [-0.15, -0.1) is 0 Å². The lowest BCUT2D eigenvalue weighted by molar-refractivity contribution is 0.112. The summed E-state index contributed by atoms with van der Waals surface area (Å²) in [5, 5.41) is 0.794. The maximum atomic E-state index is 11.4. The van der Waals surface area contributed by atoms with Crippen molar-refractivity contribution in [1.82, 2.24) is 9.29 Å². The minimum Gasteiger partial charge on any atom is -0.345 e. The van der Waals surface area contributed by atoms with Crippen molar-refractivity contribution in [3.63, 3.8) is 0 Å². The van der Waals surface area contributed by atoms with Crippen LogP contribution in [0.2, 0.25) is 0 Å². The highest BCUT2D eigenvalue weighted by Gasteiger charge is 2.25. The van der Waals surface area contributed by atoms with E-state index in [1.165, 1.54) is 21.9 Å². The summed E-state index contributed by atoms with van der Waals surface area (Å²) < 4.78 is 24.2. The van der Waals surface area contributed by atoms with Gasteiger partial charge in [0.05, 0.1) is 16.8 Å². The lowest BCUT2D eigenvalue weighted by Crippen LogP contribution is -2.48. The SMILES string of the molecule is Cc1nc(N2CCN(S(C)(=O)=O)CC2)sc1C=O. The fraction of sp³-hybridized carbons (Fsp3) is 0.600. The summed E-state index contributed by atoms with van der Waals surface area (Å²) in [6.45, 7) is 3.95. The average Bonchev–Trinajstić information content (AvgIpc) is 2.69. The molecular formula is C10H15N3O3S2. The first-order valence-electron chi connectivity index (χ1n) is 5.54. The average molecular weight is 289 g/mol. The molecule has 0 bridgehead atoms. The van der Waals surface area contributed by atoms with E-state index in [1.807, 2.05) is 4.90 Å². The Balaban J connectivity index is 2.07. The second-order valence-electron chi connectivity index (χ2n) is 4.21. The molecule has 6 nitrogen and oxygen atoms in total. The first-order chi connectivity index (χ1) is 8.41. The number of thiazole rings is 1. The molecule has 2 rings (SSSR count). The van der Waals surface area contributed by atoms with Gasteiger partial charge in [0.25, 0.3) is 0 Å². The zero-order valence-corrected chi connectivity index (χ0v) is 11.9. The second kappa shape index (κ2) is 4.94. The van der Waals surface area contributed by atoms with Gasteiger partial charge in [-0.2, -0.15) is 4.31 Å². The summed E-state index contributed by atoms with van der Waals surface area (Å²) >= 11 is 1.35. The Bertz CT molecular complexity index is 545. The van der Waals surface area contributed by atoms with Gasteiger partial charge in [-0.1, -0.05) is 11.3 Å². The van der Waals surface area contributed by atoms with Crippen molar-refractivity contribution in [2.75, 3.05) is 37.3 Å². The molecule has 1 aromatic heterocycles. The number of aromatic nitrogens is 1. The van der Waals surface area contributed by atoms with Gasteiger partial charge in [-0.25, -0.2) is 13.4 Å². The third-order valence-electron chi connectivity index (χ3n) is 2.91. The molecule has 0 amide bonds. The predicted molar refractivity (Wildman–Crippen MR) is 70.9 cm³/mol. The van der Waals surface area contributed by atoms with Gasteiger partial charge in [-0.3, -0.25) is 4.79 Å². The summed E-state index contributed by atoms with van der Waals surface area (Å²) in [6.07, 6.45) is 2.03. The maximum Gasteiger partial charge on any atom is 0.211 e. The smallest absolute Gasteiger partial charge is 0.211 e. The molecule has 0 atom stereocenters. The highest BCUT2D eigenvalue weighted by atomic mass is 32.2. The van der Waals surface area contributed by atoms with Gasteiger partial charge < -0.3 is 4.90 Å². The number of anilines is 1. The number of hydrogen-bond acceptors (Lipinski definition) is 6. The van der Waals surface area contributed by atoms with Crippen LogP contribution in [0.5, 0.6) is 0 Å². The van der Waals surface area contributed by atoms with Crippen molar-refractivity contribution in [3.8, 4) is 0 Å². The number of hydrogen-bond donors (Lipinski definition) is 0. The van der Waals surface area contributed by atoms with Crippen molar-refractivity contribution >= 4 is 32.8 Å². The van der Waals surface area contributed by atoms with Crippen LogP contribution in [0.25, 0.3) is 0 Å². The Hall–Kier alpha value is -0.990. The molecule has 0 unspecified atom stereocenters. The Morgan fingerprint density at radius 1 is 1.28 bits per heavy atom. The molecule has 2 heterocycles. The molecule has 100 valence electrons. The number of sulfonamides is 1. The number of carbonyl (C=O) groups excluding carboxylic acids is 1. The third kappa shape index (κ3) is 2.70. The number of aryl methyl sites for hydroxylation is 1. The van der Waals surface area contributed by atoms with E-state index in [0.717, 1.165) is 17.1 Å². The van der Waals surface area contributed by atoms with Gasteiger partial charge in [0.2, 0.25) is 10.0 Å². The fourth-order valence-electron chi connectivity index (χ4n) is 1.85. The molecule has 18 heavy (non-hydrogen) atoms. The van der Waals surface area contributed by atoms with Crippen LogP contribution < -0.4 is 4.90 Å². The normalized spacial score (nSPS) is 18.0. The van der Waals surface area contributed by atoms with Gasteiger partial charge in [0.1, 0.15) is 0 Å². The number of aldehydes is 1. The minimum absolute atomic E-state index is 0.466. The largest absolute Gasteiger partial charge is 0.345 e. The van der Waals surface area contributed by atoms with Crippen molar-refractivity contribution < 1.29 is 13.2 Å². The summed E-state index contributed by atoms with van der Waals surface area (Å²) in [5.41, 5.74) is 0.732. The number of rotatable bonds is 3. The minimum atomic E-state index is -3.11. The topological polar surface area (TPSA) is 70.6 Å². The standard InChI is InChI=1S/C10H15N3O3S2/c1-8-9(7-14)17-10(11-8)12-3-5-13(6-4-12)18(2,15)16/h7H,3-6H2,1-2H3. The van der Waals surface area contributed by atoms with Crippen LogP contribution in [0.4, 0.5) is 5.13 Å². The lowest BCUT2D eigenvalue weighted by atomic mass is 10.4. The van der Waals surface area contributed by atoms with Crippen molar-refractivity contribution in [2.45, 2.75) is 6.92 Å². The maximum absolute atomic E-state index is 11.4. The molecule has 0 aliphatic carbocycles. The molecular weight excluding hydrogens is 274 g/mol. The van der Waals surface area contributed by atoms with Crippen molar-refractivity contribution in [2.24, 2.45) is 0 Å². The Morgan fingerprint density at radius 3 is 2.33 bits per heavy atom. The molecule has 1 aliphatic rings. The van der Waals surface area contributed by atoms with E-state index in [4.69, 9.17) is 0 Å². The van der Waals surface area contributed by atoms with Crippen LogP contribution in [0.3, 0.4) is 0 Å². The zero-order chi connectivity index (χ0) is 13.3. The van der Waals surface area contributed by atoms with E-state index in [1.54, 1.807) is 6.92 Å². The fourth-order valence-corrected chi connectivity index (χ4v) is 3.61. The first-order valence-corrected chi connectivity index (χ1v) is 8.21. The molecule has 1 fully saturated rings. The van der Waals surface area contributed by atoms with E-state index >= 15 is 0 Å². The van der Waals surface area contributed by atoms with E-state index in [0.29, 0.717) is 31.1 Å². The molecule has 0 radical (unpaired) electrons. The molecule has 1 aliphatic heterocycles. The lowest BCUT2D eigenvalue weighted by Gasteiger charge is -2.32. The van der Waals surface area contributed by atoms with Gasteiger partial charge >= 0.3 is 0 Å². The molecule has 1 saturated heterocycles. The highest BCUT2D eigenvalue weighted by Crippen LogP contribution is 2.25. The molecule has 8 heteroatoms. The van der Waals surface area contributed by atoms with Crippen LogP contribution >= 0.6 is 11.3 Å². The molecule has 0 saturated carbocycles. The van der Waals surface area contributed by atoms with Crippen LogP contribution in [0.1, 0.15) is 15.4 Å². The zero-order valence-electron chi connectivity index (χ0n) is 10.3. The van der Waals surface area contributed by atoms with Crippen LogP contribution in [-0.4, -0.2) is 56.4 Å². The third-order valence-corrected chi connectivity index (χ3v) is 5.35. The first kappa shape index (κ1) is 13.4. The quantitative estimate of drug-likeness (QED) is 0.751. The number of nitrogens with zero attached hydrogens (tertiary/aromatic N) is 3. The summed E-state index contributed by atoms with van der Waals surface area (Å²) in [6, 6.07) is 0. The van der Waals surface area contributed by atoms with Gasteiger partial charge in [0.15, 0.2) is 11.4 Å². The van der Waals surface area contributed by atoms with Gasteiger partial charge in [0, 0.05) is 26.2 Å². The molecule has 1 aromatic rings. The Labute approximate surface area is 110 Å². The van der Waals surface area contributed by atoms with E-state index in [-0.39, 0.29) is 0 Å². The van der Waals surface area contributed by atoms with Crippen LogP contribution in [-0.2, 0) is 10.0 Å². The van der Waals surface area contributed by atoms with Gasteiger partial charge in [-0.05, 0) is 6.92 Å². The predicted octanol–water partition coefficient (Wildman–Crippen LogP) is 0.346. The molecule has 0 spiro atoms. The number of carbonyl (C=O) groups is 1. The molecule has 0 aromatic carbocycles. The van der Waals surface area contributed by atoms with E-state index in [9.17, 15) is 13.2 Å². The molecule has 0 N–H and O–H groups in total. The summed E-state index contributed by atoms with van der Waals surface area (Å²) in [7, 11) is -3.11. The van der Waals surface area contributed by atoms with E-state index < -0.39 is 10.0 Å². The Kier molecular flexibility index (Phi) is 3.69. The second-order valence-corrected chi connectivity index (χ2v) is 7.20. The van der Waals surface area contributed by atoms with Crippen molar-refractivity contribution in [1.29, 1.82) is 0 Å². The summed E-state index contributed by atoms with van der Waals surface area (Å²) in [5.74, 6) is 0. The highest BCUT2D eigenvalue weighted by molar-refractivity contribution is 7.88. The van der Waals surface area contributed by atoms with E-state index in [2.05, 4.69) is 4.98 Å². The van der Waals surface area contributed by atoms with Crippen LogP contribution in [0.15, 0.2) is 0 Å². The Morgan fingerprint density at radius 2 is 1.89 bits per heavy atom. The monoisotopic (exact) mass is 289 g/mol. The number of piperazine rings is 1.